The van der Waals surface area contributed by atoms with Crippen LogP contribution in [0.25, 0.3) is 5.88 Å². The molecule has 1 aliphatic heterocycles. The largest absolute Gasteiger partial charge is 0.480 e. The van der Waals surface area contributed by atoms with E-state index in [0.717, 1.165) is 0 Å². The highest BCUT2D eigenvalue weighted by Crippen LogP contribution is 2.16. The number of benzene rings is 1. The Morgan fingerprint density at radius 1 is 1.29 bits per heavy atom. The monoisotopic (exact) mass is 288 g/mol. The quantitative estimate of drug-likeness (QED) is 0.797. The van der Waals surface area contributed by atoms with Gasteiger partial charge < -0.3 is 15.0 Å². The molecule has 0 aliphatic carbocycles. The Balaban J connectivity index is 2.07. The van der Waals surface area contributed by atoms with Crippen molar-refractivity contribution < 1.29 is 9.22 Å². The Hall–Kier alpha value is -2.83. The summed E-state index contributed by atoms with van der Waals surface area (Å²) in [6.07, 6.45) is -1.02. The number of halogens is 1. The van der Waals surface area contributed by atoms with Gasteiger partial charge in [0.15, 0.2) is 0 Å². The molecule has 2 N–H and O–H groups in total. The molecular formula is C14H13FN4O2. The van der Waals surface area contributed by atoms with Gasteiger partial charge in [-0.1, -0.05) is 22.7 Å². The van der Waals surface area contributed by atoms with Crippen LogP contribution in [0.1, 0.15) is 0 Å². The summed E-state index contributed by atoms with van der Waals surface area (Å²) in [6, 6.07) is 11.9. The summed E-state index contributed by atoms with van der Waals surface area (Å²) >= 11 is 0. The van der Waals surface area contributed by atoms with Gasteiger partial charge in [-0.05, 0) is 18.2 Å². The number of H-pyrrole nitrogens is 1. The van der Waals surface area contributed by atoms with E-state index >= 15 is 0 Å². The number of para-hydroxylation sites is 1. The molecule has 0 radical (unpaired) electrons. The zero-order chi connectivity index (χ0) is 14.8. The zero-order valence-corrected chi connectivity index (χ0v) is 11.2. The van der Waals surface area contributed by atoms with Crippen molar-refractivity contribution >= 4 is 11.6 Å². The van der Waals surface area contributed by atoms with Crippen LogP contribution in [-0.4, -0.2) is 23.5 Å². The molecule has 3 rings (SSSR count). The van der Waals surface area contributed by atoms with Gasteiger partial charge in [0, 0.05) is 11.8 Å². The molecule has 108 valence electrons. The zero-order valence-electron chi connectivity index (χ0n) is 11.2. The van der Waals surface area contributed by atoms with Crippen LogP contribution in [0.2, 0.25) is 0 Å². The minimum atomic E-state index is -1.02. The van der Waals surface area contributed by atoms with Gasteiger partial charge in [-0.25, -0.2) is 4.99 Å². The molecule has 1 aromatic carbocycles. The van der Waals surface area contributed by atoms with E-state index in [2.05, 4.69) is 15.3 Å². The molecule has 1 unspecified atom stereocenters. The number of anilines is 1. The second kappa shape index (κ2) is 5.28. The molecule has 0 spiro atoms. The Morgan fingerprint density at radius 2 is 2.05 bits per heavy atom. The predicted octanol–water partition coefficient (Wildman–Crippen LogP) is 0.302. The number of methoxy groups -OCH3 is 1. The van der Waals surface area contributed by atoms with E-state index in [4.69, 9.17) is 4.74 Å². The number of nitrogens with one attached hydrogen (secondary N) is 2. The molecule has 0 saturated heterocycles. The summed E-state index contributed by atoms with van der Waals surface area (Å²) in [5.41, 5.74) is 0.673. The molecule has 1 atom stereocenters. The number of hydrogen-bond donors (Lipinski definition) is 2. The number of rotatable bonds is 3. The lowest BCUT2D eigenvalue weighted by atomic mass is 10.3. The van der Waals surface area contributed by atoms with E-state index < -0.39 is 6.29 Å². The summed E-state index contributed by atoms with van der Waals surface area (Å²) in [4.78, 5) is 18.1. The maximum absolute atomic E-state index is 14.4. The minimum absolute atomic E-state index is 0.00955. The average Bonchev–Trinajstić information content (AvgIpc) is 2.49. The minimum Gasteiger partial charge on any atom is -0.480 e. The van der Waals surface area contributed by atoms with Crippen LogP contribution < -0.4 is 21.6 Å². The van der Waals surface area contributed by atoms with Gasteiger partial charge in [0.1, 0.15) is 5.49 Å². The van der Waals surface area contributed by atoms with Crippen LogP contribution in [0.3, 0.4) is 0 Å². The van der Waals surface area contributed by atoms with Crippen molar-refractivity contribution in [2.24, 2.45) is 4.99 Å². The standard InChI is InChI=1S/C14H13FN4O2/c1-21-13-10-7-8-11(20)17-12(10)18-14(19(13)15)16-9-5-3-2-4-6-9/h2-8,14,16H,1H3,(H,17,18,20). The van der Waals surface area contributed by atoms with Gasteiger partial charge in [0.05, 0.1) is 12.3 Å². The molecule has 7 heteroatoms. The summed E-state index contributed by atoms with van der Waals surface area (Å²) in [5.74, 6) is -0.00955. The van der Waals surface area contributed by atoms with Crippen molar-refractivity contribution in [2.75, 3.05) is 12.4 Å². The molecule has 1 aliphatic rings. The van der Waals surface area contributed by atoms with E-state index in [9.17, 15) is 9.28 Å². The third-order valence-corrected chi connectivity index (χ3v) is 3.05. The second-order valence-corrected chi connectivity index (χ2v) is 4.42. The molecule has 1 aromatic heterocycles. The van der Waals surface area contributed by atoms with Crippen LogP contribution >= 0.6 is 0 Å². The topological polar surface area (TPSA) is 69.7 Å². The number of pyridine rings is 1. The first kappa shape index (κ1) is 13.2. The van der Waals surface area contributed by atoms with Gasteiger partial charge in [-0.15, -0.1) is 5.12 Å². The van der Waals surface area contributed by atoms with E-state index in [-0.39, 0.29) is 16.9 Å². The average molecular weight is 288 g/mol. The van der Waals surface area contributed by atoms with E-state index in [0.29, 0.717) is 16.0 Å². The molecule has 2 aromatic rings. The third kappa shape index (κ3) is 2.45. The number of hydrogen-bond acceptors (Lipinski definition) is 5. The smallest absolute Gasteiger partial charge is 0.249 e. The number of aromatic amines is 1. The van der Waals surface area contributed by atoms with Gasteiger partial charge in [0.2, 0.25) is 17.7 Å². The molecular weight excluding hydrogens is 275 g/mol. The van der Waals surface area contributed by atoms with Gasteiger partial charge in [-0.3, -0.25) is 4.79 Å². The fraction of sp³-hybridized carbons (Fsp3) is 0.143. The Morgan fingerprint density at radius 3 is 2.76 bits per heavy atom. The highest BCUT2D eigenvalue weighted by atomic mass is 19.2. The van der Waals surface area contributed by atoms with E-state index in [1.807, 2.05) is 18.2 Å². The summed E-state index contributed by atoms with van der Waals surface area (Å²) < 4.78 is 19.5. The molecule has 0 bridgehead atoms. The van der Waals surface area contributed by atoms with Crippen molar-refractivity contribution in [2.45, 2.75) is 6.29 Å². The van der Waals surface area contributed by atoms with Crippen molar-refractivity contribution in [1.29, 1.82) is 0 Å². The van der Waals surface area contributed by atoms with E-state index in [1.165, 1.54) is 19.2 Å². The Kier molecular flexibility index (Phi) is 3.31. The van der Waals surface area contributed by atoms with Crippen molar-refractivity contribution in [3.63, 3.8) is 0 Å². The molecule has 0 saturated carbocycles. The third-order valence-electron chi connectivity index (χ3n) is 3.05. The lowest BCUT2D eigenvalue weighted by molar-refractivity contribution is 0.0153. The lowest BCUT2D eigenvalue weighted by Crippen LogP contribution is -2.48. The Bertz CT molecular complexity index is 819. The number of aromatic nitrogens is 1. The first-order valence-corrected chi connectivity index (χ1v) is 6.31. The van der Waals surface area contributed by atoms with Crippen molar-refractivity contribution in [3.05, 3.63) is 63.5 Å². The molecule has 21 heavy (non-hydrogen) atoms. The van der Waals surface area contributed by atoms with Crippen molar-refractivity contribution in [3.8, 4) is 0 Å². The lowest BCUT2D eigenvalue weighted by Gasteiger charge is -2.26. The maximum atomic E-state index is 14.4. The van der Waals surface area contributed by atoms with Crippen molar-refractivity contribution in [1.82, 2.24) is 10.1 Å². The first-order valence-electron chi connectivity index (χ1n) is 6.31. The maximum Gasteiger partial charge on any atom is 0.249 e. The van der Waals surface area contributed by atoms with Crippen LogP contribution in [-0.2, 0) is 4.74 Å². The van der Waals surface area contributed by atoms with Crippen LogP contribution in [0, 0.1) is 0 Å². The fourth-order valence-corrected chi connectivity index (χ4v) is 2.11. The number of fused-ring (bicyclic) bond motifs is 1. The van der Waals surface area contributed by atoms with Crippen LogP contribution in [0.4, 0.5) is 10.2 Å². The van der Waals surface area contributed by atoms with Gasteiger partial charge in [0.25, 0.3) is 0 Å². The molecule has 0 amide bonds. The van der Waals surface area contributed by atoms with Crippen LogP contribution in [0.5, 0.6) is 0 Å². The van der Waals surface area contributed by atoms with Crippen LogP contribution in [0.15, 0.2) is 52.3 Å². The fourth-order valence-electron chi connectivity index (χ4n) is 2.11. The second-order valence-electron chi connectivity index (χ2n) is 4.42. The number of nitrogens with zero attached hydrogens (tertiary/aromatic N) is 2. The highest BCUT2D eigenvalue weighted by molar-refractivity contribution is 5.45. The molecule has 0 fully saturated rings. The summed E-state index contributed by atoms with van der Waals surface area (Å²) in [7, 11) is 1.36. The first-order chi connectivity index (χ1) is 10.2. The van der Waals surface area contributed by atoms with E-state index in [1.54, 1.807) is 12.1 Å². The predicted molar refractivity (Wildman–Crippen MR) is 75.1 cm³/mol. The SMILES string of the molecule is COC1=c2ccc(=O)[nH]c2=NC(Nc2ccccc2)N1F. The normalized spacial score (nSPS) is 17.0. The highest BCUT2D eigenvalue weighted by Gasteiger charge is 2.25. The van der Waals surface area contributed by atoms with Gasteiger partial charge >= 0.3 is 0 Å². The summed E-state index contributed by atoms with van der Waals surface area (Å²) in [6.45, 7) is 0. The van der Waals surface area contributed by atoms with Gasteiger partial charge in [-0.2, -0.15) is 0 Å². The summed E-state index contributed by atoms with van der Waals surface area (Å²) in [5, 5.41) is 3.69. The number of ether oxygens (including phenoxy) is 1. The molecule has 2 heterocycles. The molecule has 6 nitrogen and oxygen atoms in total. The Labute approximate surface area is 119 Å².